The summed E-state index contributed by atoms with van der Waals surface area (Å²) in [6, 6.07) is 23.3. The number of nitrogens with zero attached hydrogens (tertiary/aromatic N) is 2. The molecule has 2 aromatic carbocycles. The molecule has 0 amide bonds. The van der Waals surface area contributed by atoms with Crippen LogP contribution in [0.4, 0.5) is 0 Å². The summed E-state index contributed by atoms with van der Waals surface area (Å²) in [5, 5.41) is 4.54. The van der Waals surface area contributed by atoms with Crippen LogP contribution in [0.15, 0.2) is 76.9 Å². The maximum absolute atomic E-state index is 13.5. The van der Waals surface area contributed by atoms with Crippen molar-refractivity contribution in [2.75, 3.05) is 13.1 Å². The zero-order chi connectivity index (χ0) is 20.1. The third-order valence-corrected chi connectivity index (χ3v) is 7.56. The summed E-state index contributed by atoms with van der Waals surface area (Å²) in [4.78, 5) is 17.5. The molecule has 0 aliphatic carbocycles. The van der Waals surface area contributed by atoms with E-state index in [-0.39, 0.29) is 5.56 Å². The molecule has 0 spiro atoms. The molecule has 0 N–H and O–H groups in total. The van der Waals surface area contributed by atoms with E-state index in [9.17, 15) is 4.79 Å². The first-order valence-corrected chi connectivity index (χ1v) is 11.6. The zero-order valence-electron chi connectivity index (χ0n) is 16.8. The van der Waals surface area contributed by atoms with Gasteiger partial charge in [0.05, 0.1) is 0 Å². The molecule has 4 heterocycles. The van der Waals surface area contributed by atoms with Gasteiger partial charge in [0.1, 0.15) is 0 Å². The maximum Gasteiger partial charge on any atom is 0.258 e. The van der Waals surface area contributed by atoms with E-state index in [0.29, 0.717) is 11.8 Å². The van der Waals surface area contributed by atoms with Gasteiger partial charge in [-0.25, -0.2) is 0 Å². The molecule has 2 atom stereocenters. The van der Waals surface area contributed by atoms with Crippen molar-refractivity contribution in [3.05, 3.63) is 93.0 Å². The van der Waals surface area contributed by atoms with E-state index in [1.165, 1.54) is 27.8 Å². The highest BCUT2D eigenvalue weighted by molar-refractivity contribution is 7.09. The van der Waals surface area contributed by atoms with Crippen molar-refractivity contribution in [2.24, 2.45) is 5.92 Å². The van der Waals surface area contributed by atoms with Crippen molar-refractivity contribution in [1.29, 1.82) is 0 Å². The lowest BCUT2D eigenvalue weighted by Crippen LogP contribution is -2.46. The number of thiophene rings is 1. The molecule has 6 rings (SSSR count). The van der Waals surface area contributed by atoms with Crippen molar-refractivity contribution in [2.45, 2.75) is 25.4 Å². The highest BCUT2D eigenvalue weighted by Crippen LogP contribution is 2.36. The fourth-order valence-corrected chi connectivity index (χ4v) is 6.12. The molecule has 2 aromatic heterocycles. The van der Waals surface area contributed by atoms with Crippen LogP contribution in [0.5, 0.6) is 0 Å². The van der Waals surface area contributed by atoms with Gasteiger partial charge in [-0.3, -0.25) is 9.69 Å². The van der Waals surface area contributed by atoms with Crippen LogP contribution in [-0.2, 0) is 13.1 Å². The average Bonchev–Trinajstić information content (AvgIpc) is 3.27. The number of likely N-dealkylation sites (tertiary alicyclic amines) is 1. The van der Waals surface area contributed by atoms with Gasteiger partial charge in [-0.1, -0.05) is 42.5 Å². The summed E-state index contributed by atoms with van der Waals surface area (Å²) < 4.78 is 2.08. The van der Waals surface area contributed by atoms with Crippen LogP contribution in [0.2, 0.25) is 0 Å². The molecular formula is C26H24N2OS. The van der Waals surface area contributed by atoms with E-state index in [2.05, 4.69) is 81.6 Å². The van der Waals surface area contributed by atoms with Crippen LogP contribution in [0.25, 0.3) is 21.9 Å². The number of benzene rings is 2. The van der Waals surface area contributed by atoms with Crippen LogP contribution in [0.3, 0.4) is 0 Å². The molecule has 30 heavy (non-hydrogen) atoms. The number of rotatable bonds is 3. The molecular weight excluding hydrogens is 388 g/mol. The number of fused-ring (bicyclic) bond motifs is 5. The number of hydrogen-bond donors (Lipinski definition) is 0. The standard InChI is InChI=1S/C26H24N2OS/c29-26-24(21-8-7-19-4-1-2-5-20(19)13-21)9-10-25-22-12-18(15-28(25)26)14-27(16-22)17-23-6-3-11-30-23/h1-11,13,18,22H,12,14-17H2. The lowest BCUT2D eigenvalue weighted by atomic mass is 9.82. The molecule has 3 nitrogen and oxygen atoms in total. The van der Waals surface area contributed by atoms with Gasteiger partial charge in [-0.05, 0) is 58.3 Å². The quantitative estimate of drug-likeness (QED) is 0.453. The summed E-state index contributed by atoms with van der Waals surface area (Å²) >= 11 is 1.84. The third kappa shape index (κ3) is 3.11. The van der Waals surface area contributed by atoms with E-state index >= 15 is 0 Å². The van der Waals surface area contributed by atoms with Crippen molar-refractivity contribution >= 4 is 22.1 Å². The summed E-state index contributed by atoms with van der Waals surface area (Å²) in [6.07, 6.45) is 1.20. The van der Waals surface area contributed by atoms with Crippen molar-refractivity contribution in [3.63, 3.8) is 0 Å². The van der Waals surface area contributed by atoms with E-state index in [4.69, 9.17) is 0 Å². The molecule has 2 aliphatic heterocycles. The summed E-state index contributed by atoms with van der Waals surface area (Å²) in [5.41, 5.74) is 3.23. The van der Waals surface area contributed by atoms with E-state index < -0.39 is 0 Å². The Bertz CT molecular complexity index is 1270. The monoisotopic (exact) mass is 412 g/mol. The largest absolute Gasteiger partial charge is 0.311 e. The van der Waals surface area contributed by atoms with E-state index in [1.807, 2.05) is 11.3 Å². The van der Waals surface area contributed by atoms with Crippen LogP contribution in [0.1, 0.15) is 22.9 Å². The van der Waals surface area contributed by atoms with E-state index in [0.717, 1.165) is 37.3 Å². The number of piperidine rings is 1. The van der Waals surface area contributed by atoms with Crippen molar-refractivity contribution in [1.82, 2.24) is 9.47 Å². The second-order valence-corrected chi connectivity index (χ2v) is 9.75. The summed E-state index contributed by atoms with van der Waals surface area (Å²) in [5.74, 6) is 1.01. The Kier molecular flexibility index (Phi) is 4.36. The molecule has 1 saturated heterocycles. The van der Waals surface area contributed by atoms with Gasteiger partial charge < -0.3 is 4.57 Å². The van der Waals surface area contributed by atoms with Crippen LogP contribution in [0, 0.1) is 5.92 Å². The second kappa shape index (κ2) is 7.22. The highest BCUT2D eigenvalue weighted by Gasteiger charge is 2.35. The van der Waals surface area contributed by atoms with Crippen LogP contribution < -0.4 is 5.56 Å². The minimum atomic E-state index is 0.171. The van der Waals surface area contributed by atoms with Gasteiger partial charge in [0, 0.05) is 48.2 Å². The Morgan fingerprint density at radius 3 is 2.67 bits per heavy atom. The Morgan fingerprint density at radius 2 is 1.80 bits per heavy atom. The first kappa shape index (κ1) is 18.1. The minimum absolute atomic E-state index is 0.171. The van der Waals surface area contributed by atoms with Gasteiger partial charge >= 0.3 is 0 Å². The van der Waals surface area contributed by atoms with Crippen LogP contribution in [-0.4, -0.2) is 22.6 Å². The third-order valence-electron chi connectivity index (χ3n) is 6.70. The number of hydrogen-bond acceptors (Lipinski definition) is 3. The average molecular weight is 413 g/mol. The highest BCUT2D eigenvalue weighted by atomic mass is 32.1. The van der Waals surface area contributed by atoms with Crippen molar-refractivity contribution < 1.29 is 0 Å². The van der Waals surface area contributed by atoms with Crippen molar-refractivity contribution in [3.8, 4) is 11.1 Å². The van der Waals surface area contributed by atoms with Crippen LogP contribution >= 0.6 is 11.3 Å². The minimum Gasteiger partial charge on any atom is -0.311 e. The molecule has 4 aromatic rings. The van der Waals surface area contributed by atoms with Gasteiger partial charge in [0.25, 0.3) is 5.56 Å². The SMILES string of the molecule is O=c1c(-c2ccc3ccccc3c2)ccc2n1CC1CC2CN(Cc2cccs2)C1. The van der Waals surface area contributed by atoms with E-state index in [1.54, 1.807) is 0 Å². The lowest BCUT2D eigenvalue weighted by Gasteiger charge is -2.42. The second-order valence-electron chi connectivity index (χ2n) is 8.72. The lowest BCUT2D eigenvalue weighted by molar-refractivity contribution is 0.115. The van der Waals surface area contributed by atoms with Gasteiger partial charge in [0.15, 0.2) is 0 Å². The smallest absolute Gasteiger partial charge is 0.258 e. The Balaban J connectivity index is 1.34. The molecule has 150 valence electrons. The molecule has 1 fully saturated rings. The number of aromatic nitrogens is 1. The predicted octanol–water partition coefficient (Wildman–Crippen LogP) is 5.35. The fourth-order valence-electron chi connectivity index (χ4n) is 5.37. The summed E-state index contributed by atoms with van der Waals surface area (Å²) in [6.45, 7) is 4.00. The molecule has 2 aliphatic rings. The van der Waals surface area contributed by atoms with Gasteiger partial charge in [-0.15, -0.1) is 11.3 Å². The first-order chi connectivity index (χ1) is 14.7. The fraction of sp³-hybridized carbons (Fsp3) is 0.269. The first-order valence-electron chi connectivity index (χ1n) is 10.7. The molecule has 0 radical (unpaired) electrons. The maximum atomic E-state index is 13.5. The molecule has 2 unspecified atom stereocenters. The Hall–Kier alpha value is -2.69. The molecule has 2 bridgehead atoms. The molecule has 4 heteroatoms. The summed E-state index contributed by atoms with van der Waals surface area (Å²) in [7, 11) is 0. The van der Waals surface area contributed by atoms with Gasteiger partial charge in [-0.2, -0.15) is 0 Å². The number of pyridine rings is 1. The Labute approximate surface area is 180 Å². The van der Waals surface area contributed by atoms with Gasteiger partial charge in [0.2, 0.25) is 0 Å². The Morgan fingerprint density at radius 1 is 0.900 bits per heavy atom. The predicted molar refractivity (Wildman–Crippen MR) is 124 cm³/mol. The topological polar surface area (TPSA) is 25.2 Å². The normalized spacial score (nSPS) is 20.9. The zero-order valence-corrected chi connectivity index (χ0v) is 17.6. The molecule has 0 saturated carbocycles.